The lowest BCUT2D eigenvalue weighted by Gasteiger charge is -2.23. The molecule has 2 aromatic rings. The second-order valence-electron chi connectivity index (χ2n) is 7.00. The highest BCUT2D eigenvalue weighted by Crippen LogP contribution is 2.37. The van der Waals surface area contributed by atoms with Gasteiger partial charge in [0.15, 0.2) is 0 Å². The zero-order valence-electron chi connectivity index (χ0n) is 15.3. The van der Waals surface area contributed by atoms with Crippen molar-refractivity contribution in [2.24, 2.45) is 4.99 Å². The summed E-state index contributed by atoms with van der Waals surface area (Å²) in [6.45, 7) is 3.93. The third kappa shape index (κ3) is 3.45. The van der Waals surface area contributed by atoms with Gasteiger partial charge in [-0.05, 0) is 52.6 Å². The molecule has 0 bridgehead atoms. The Bertz CT molecular complexity index is 728. The van der Waals surface area contributed by atoms with Crippen LogP contribution in [0.2, 0.25) is 0 Å². The summed E-state index contributed by atoms with van der Waals surface area (Å²) >= 11 is 0. The number of anilines is 1. The Labute approximate surface area is 145 Å². The number of amidine groups is 1. The van der Waals surface area contributed by atoms with Gasteiger partial charge in [-0.2, -0.15) is 0 Å². The molecule has 1 aliphatic rings. The molecule has 0 amide bonds. The van der Waals surface area contributed by atoms with Crippen molar-refractivity contribution in [3.63, 3.8) is 0 Å². The average molecular weight is 324 g/mol. The Hall–Kier alpha value is -1.91. The molecule has 128 valence electrons. The minimum absolute atomic E-state index is 0.871. The third-order valence-corrected chi connectivity index (χ3v) is 4.47. The fourth-order valence-corrected chi connectivity index (χ4v) is 3.26. The third-order valence-electron chi connectivity index (χ3n) is 4.47. The SMILES string of the molecule is CN(C)CCCN=C1c2cccc3cccc(c23)N1CCN(C)C. The topological polar surface area (TPSA) is 22.1 Å². The van der Waals surface area contributed by atoms with E-state index in [9.17, 15) is 0 Å². The van der Waals surface area contributed by atoms with Gasteiger partial charge < -0.3 is 14.7 Å². The van der Waals surface area contributed by atoms with Crippen molar-refractivity contribution in [3.8, 4) is 0 Å². The minimum Gasteiger partial charge on any atom is -0.324 e. The molecule has 0 fully saturated rings. The van der Waals surface area contributed by atoms with Crippen LogP contribution in [0, 0.1) is 0 Å². The number of likely N-dealkylation sites (N-methyl/N-ethyl adjacent to an activating group) is 1. The Morgan fingerprint density at radius 1 is 0.917 bits per heavy atom. The van der Waals surface area contributed by atoms with Gasteiger partial charge in [0.25, 0.3) is 0 Å². The molecule has 2 aromatic carbocycles. The molecule has 0 unspecified atom stereocenters. The molecule has 0 saturated heterocycles. The van der Waals surface area contributed by atoms with Crippen LogP contribution in [0.4, 0.5) is 5.69 Å². The van der Waals surface area contributed by atoms with Crippen molar-refractivity contribution < 1.29 is 0 Å². The van der Waals surface area contributed by atoms with Crippen molar-refractivity contribution >= 4 is 22.3 Å². The Morgan fingerprint density at radius 2 is 1.62 bits per heavy atom. The normalized spacial score (nSPS) is 15.4. The quantitative estimate of drug-likeness (QED) is 0.731. The smallest absolute Gasteiger partial charge is 0.136 e. The summed E-state index contributed by atoms with van der Waals surface area (Å²) < 4.78 is 0. The van der Waals surface area contributed by atoms with Crippen molar-refractivity contribution in [1.82, 2.24) is 9.80 Å². The molecule has 24 heavy (non-hydrogen) atoms. The van der Waals surface area contributed by atoms with Gasteiger partial charge in [-0.25, -0.2) is 0 Å². The molecule has 0 saturated carbocycles. The second-order valence-corrected chi connectivity index (χ2v) is 7.00. The lowest BCUT2D eigenvalue weighted by Crippen LogP contribution is -2.34. The van der Waals surface area contributed by atoms with E-state index < -0.39 is 0 Å². The molecule has 0 radical (unpaired) electrons. The first kappa shape index (κ1) is 16.9. The van der Waals surface area contributed by atoms with Gasteiger partial charge in [0, 0.05) is 30.6 Å². The Morgan fingerprint density at radius 3 is 2.33 bits per heavy atom. The van der Waals surface area contributed by atoms with Crippen molar-refractivity contribution in [3.05, 3.63) is 42.0 Å². The van der Waals surface area contributed by atoms with Crippen LogP contribution in [0.1, 0.15) is 12.0 Å². The molecule has 1 heterocycles. The monoisotopic (exact) mass is 324 g/mol. The molecule has 0 aliphatic carbocycles. The summed E-state index contributed by atoms with van der Waals surface area (Å²) in [5.74, 6) is 1.14. The van der Waals surface area contributed by atoms with Gasteiger partial charge in [-0.15, -0.1) is 0 Å². The number of hydrogen-bond donors (Lipinski definition) is 0. The maximum absolute atomic E-state index is 4.99. The molecule has 0 N–H and O–H groups in total. The van der Waals surface area contributed by atoms with Crippen molar-refractivity contribution in [2.45, 2.75) is 6.42 Å². The molecular weight excluding hydrogens is 296 g/mol. The fourth-order valence-electron chi connectivity index (χ4n) is 3.26. The molecule has 0 spiro atoms. The summed E-state index contributed by atoms with van der Waals surface area (Å²) in [7, 11) is 8.47. The predicted molar refractivity (Wildman–Crippen MR) is 104 cm³/mol. The van der Waals surface area contributed by atoms with Gasteiger partial charge in [-0.1, -0.05) is 30.3 Å². The van der Waals surface area contributed by atoms with Crippen LogP contribution in [0.25, 0.3) is 10.8 Å². The summed E-state index contributed by atoms with van der Waals surface area (Å²) in [4.78, 5) is 11.8. The first-order valence-corrected chi connectivity index (χ1v) is 8.71. The van der Waals surface area contributed by atoms with E-state index in [1.165, 1.54) is 22.0 Å². The lowest BCUT2D eigenvalue weighted by atomic mass is 10.1. The summed E-state index contributed by atoms with van der Waals surface area (Å²) in [6, 6.07) is 13.1. The van der Waals surface area contributed by atoms with Crippen LogP contribution in [0.15, 0.2) is 41.4 Å². The average Bonchev–Trinajstić information content (AvgIpc) is 2.85. The highest BCUT2D eigenvalue weighted by atomic mass is 15.2. The van der Waals surface area contributed by atoms with Gasteiger partial charge in [-0.3, -0.25) is 4.99 Å². The van der Waals surface area contributed by atoms with Crippen LogP contribution < -0.4 is 4.90 Å². The van der Waals surface area contributed by atoms with Crippen LogP contribution >= 0.6 is 0 Å². The lowest BCUT2D eigenvalue weighted by molar-refractivity contribution is 0.403. The molecule has 4 heteroatoms. The van der Waals surface area contributed by atoms with Gasteiger partial charge in [0.1, 0.15) is 5.84 Å². The predicted octanol–water partition coefficient (Wildman–Crippen LogP) is 2.92. The number of rotatable bonds is 7. The van der Waals surface area contributed by atoms with E-state index in [-0.39, 0.29) is 0 Å². The highest BCUT2D eigenvalue weighted by molar-refractivity contribution is 6.27. The van der Waals surface area contributed by atoms with Gasteiger partial charge >= 0.3 is 0 Å². The van der Waals surface area contributed by atoms with E-state index in [0.29, 0.717) is 0 Å². The first-order chi connectivity index (χ1) is 11.6. The van der Waals surface area contributed by atoms with Crippen LogP contribution in [-0.2, 0) is 0 Å². The number of hydrogen-bond acceptors (Lipinski definition) is 3. The summed E-state index contributed by atoms with van der Waals surface area (Å²) in [5, 5.41) is 2.66. The van der Waals surface area contributed by atoms with Crippen molar-refractivity contribution in [2.75, 3.05) is 59.3 Å². The second kappa shape index (κ2) is 7.32. The standard InChI is InChI=1S/C20H28N4/c1-22(2)13-7-12-21-20-17-10-5-8-16-9-6-11-18(19(16)17)24(20)15-14-23(3)4/h5-6,8-11H,7,12-15H2,1-4H3. The van der Waals surface area contributed by atoms with E-state index in [1.807, 2.05) is 0 Å². The van der Waals surface area contributed by atoms with E-state index in [4.69, 9.17) is 4.99 Å². The van der Waals surface area contributed by atoms with Gasteiger partial charge in [0.05, 0.1) is 5.69 Å². The number of benzene rings is 2. The maximum Gasteiger partial charge on any atom is 0.136 e. The fraction of sp³-hybridized carbons (Fsp3) is 0.450. The Balaban J connectivity index is 1.93. The zero-order chi connectivity index (χ0) is 17.1. The summed E-state index contributed by atoms with van der Waals surface area (Å²) in [6.07, 6.45) is 1.09. The first-order valence-electron chi connectivity index (χ1n) is 8.71. The van der Waals surface area contributed by atoms with E-state index in [0.717, 1.165) is 38.4 Å². The largest absolute Gasteiger partial charge is 0.324 e. The molecule has 3 rings (SSSR count). The zero-order valence-corrected chi connectivity index (χ0v) is 15.3. The number of nitrogens with zero attached hydrogens (tertiary/aromatic N) is 4. The van der Waals surface area contributed by atoms with E-state index >= 15 is 0 Å². The molecular formula is C20H28N4. The molecule has 4 nitrogen and oxygen atoms in total. The summed E-state index contributed by atoms with van der Waals surface area (Å²) in [5.41, 5.74) is 2.59. The van der Waals surface area contributed by atoms with Crippen LogP contribution in [0.3, 0.4) is 0 Å². The number of aliphatic imine (C=N–C) groups is 1. The van der Waals surface area contributed by atoms with E-state index in [2.05, 4.69) is 79.3 Å². The van der Waals surface area contributed by atoms with Crippen LogP contribution in [0.5, 0.6) is 0 Å². The minimum atomic E-state index is 0.871. The van der Waals surface area contributed by atoms with Crippen molar-refractivity contribution in [1.29, 1.82) is 0 Å². The molecule has 0 atom stereocenters. The maximum atomic E-state index is 4.99. The Kier molecular flexibility index (Phi) is 5.17. The molecule has 0 aromatic heterocycles. The van der Waals surface area contributed by atoms with Crippen LogP contribution in [-0.4, -0.2) is 70.0 Å². The highest BCUT2D eigenvalue weighted by Gasteiger charge is 2.27. The van der Waals surface area contributed by atoms with E-state index in [1.54, 1.807) is 0 Å². The van der Waals surface area contributed by atoms with Gasteiger partial charge in [0.2, 0.25) is 0 Å². The molecule has 1 aliphatic heterocycles.